The molecule has 0 aliphatic carbocycles. The number of aliphatic imine (C=N–C) groups is 1. The van der Waals surface area contributed by atoms with Gasteiger partial charge < -0.3 is 5.32 Å². The number of hydrogen-bond donors (Lipinski definition) is 1. The number of rotatable bonds is 1. The molecule has 1 aliphatic heterocycles. The second-order valence-electron chi connectivity index (χ2n) is 3.02. The van der Waals surface area contributed by atoms with Crippen molar-refractivity contribution in [2.45, 2.75) is 19.9 Å². The first-order valence-corrected chi connectivity index (χ1v) is 5.47. The van der Waals surface area contributed by atoms with Crippen LogP contribution in [0.4, 0.5) is 5.69 Å². The molecule has 3 heteroatoms. The lowest BCUT2D eigenvalue weighted by Gasteiger charge is -2.16. The van der Waals surface area contributed by atoms with Crippen molar-refractivity contribution in [3.63, 3.8) is 0 Å². The molecule has 2 nitrogen and oxygen atoms in total. The lowest BCUT2D eigenvalue weighted by Crippen LogP contribution is -2.16. The van der Waals surface area contributed by atoms with E-state index in [9.17, 15) is 0 Å². The summed E-state index contributed by atoms with van der Waals surface area (Å²) in [4.78, 5) is 4.30. The van der Waals surface area contributed by atoms with Gasteiger partial charge in [-0.25, -0.2) is 4.99 Å². The molecule has 0 unspecified atom stereocenters. The van der Waals surface area contributed by atoms with Gasteiger partial charge in [-0.2, -0.15) is 0 Å². The molecule has 2 rings (SSSR count). The SMILES string of the molecule is CCc1c(I)ccc2c1CNC=N2. The van der Waals surface area contributed by atoms with E-state index in [1.807, 2.05) is 0 Å². The quantitative estimate of drug-likeness (QED) is 0.788. The van der Waals surface area contributed by atoms with E-state index in [2.05, 4.69) is 52.0 Å². The number of benzene rings is 1. The van der Waals surface area contributed by atoms with E-state index in [1.165, 1.54) is 14.7 Å². The van der Waals surface area contributed by atoms with E-state index in [1.54, 1.807) is 6.34 Å². The van der Waals surface area contributed by atoms with Crippen LogP contribution in [-0.4, -0.2) is 6.34 Å². The van der Waals surface area contributed by atoms with E-state index >= 15 is 0 Å². The lowest BCUT2D eigenvalue weighted by molar-refractivity contribution is 0.885. The Morgan fingerprint density at radius 3 is 3.15 bits per heavy atom. The minimum atomic E-state index is 0.916. The predicted octanol–water partition coefficient (Wildman–Crippen LogP) is 2.62. The van der Waals surface area contributed by atoms with Gasteiger partial charge in [-0.3, -0.25) is 0 Å². The molecule has 0 aromatic heterocycles. The standard InChI is InChI=1S/C10H11IN2/c1-2-7-8-5-12-6-13-10(8)4-3-9(7)11/h3-4,6H,2,5H2,1H3,(H,12,13). The van der Waals surface area contributed by atoms with Crippen LogP contribution in [0.5, 0.6) is 0 Å². The number of hydrogen-bond acceptors (Lipinski definition) is 2. The van der Waals surface area contributed by atoms with E-state index in [-0.39, 0.29) is 0 Å². The van der Waals surface area contributed by atoms with Crippen LogP contribution in [0.3, 0.4) is 0 Å². The highest BCUT2D eigenvalue weighted by molar-refractivity contribution is 14.1. The summed E-state index contributed by atoms with van der Waals surface area (Å²) in [5.41, 5.74) is 3.91. The zero-order valence-corrected chi connectivity index (χ0v) is 9.63. The minimum absolute atomic E-state index is 0.916. The van der Waals surface area contributed by atoms with Crippen LogP contribution < -0.4 is 5.32 Å². The van der Waals surface area contributed by atoms with E-state index in [0.717, 1.165) is 18.7 Å². The Labute approximate surface area is 91.6 Å². The van der Waals surface area contributed by atoms with E-state index in [4.69, 9.17) is 0 Å². The first-order valence-electron chi connectivity index (χ1n) is 4.39. The van der Waals surface area contributed by atoms with Crippen molar-refractivity contribution in [1.29, 1.82) is 0 Å². The first-order chi connectivity index (χ1) is 6.33. The fourth-order valence-electron chi connectivity index (χ4n) is 1.62. The van der Waals surface area contributed by atoms with Crippen molar-refractivity contribution in [3.05, 3.63) is 26.8 Å². The van der Waals surface area contributed by atoms with Crippen LogP contribution in [0.2, 0.25) is 0 Å². The van der Waals surface area contributed by atoms with Crippen LogP contribution in [-0.2, 0) is 13.0 Å². The fraction of sp³-hybridized carbons (Fsp3) is 0.300. The van der Waals surface area contributed by atoms with Crippen LogP contribution in [0.1, 0.15) is 18.1 Å². The molecule has 1 aromatic carbocycles. The van der Waals surface area contributed by atoms with Gasteiger partial charge in [0.05, 0.1) is 12.0 Å². The Balaban J connectivity index is 2.60. The van der Waals surface area contributed by atoms with Crippen LogP contribution in [0, 0.1) is 3.57 Å². The third-order valence-electron chi connectivity index (χ3n) is 2.28. The van der Waals surface area contributed by atoms with Crippen LogP contribution >= 0.6 is 22.6 Å². The molecule has 13 heavy (non-hydrogen) atoms. The topological polar surface area (TPSA) is 24.4 Å². The first kappa shape index (κ1) is 8.99. The molecule has 0 spiro atoms. The van der Waals surface area contributed by atoms with Gasteiger partial charge in [0.15, 0.2) is 0 Å². The maximum absolute atomic E-state index is 4.30. The summed E-state index contributed by atoms with van der Waals surface area (Å²) in [7, 11) is 0. The average Bonchev–Trinajstić information content (AvgIpc) is 2.18. The third kappa shape index (κ3) is 1.57. The molecule has 1 N–H and O–H groups in total. The van der Waals surface area contributed by atoms with Gasteiger partial charge in [-0.05, 0) is 46.7 Å². The Morgan fingerprint density at radius 1 is 1.54 bits per heavy atom. The van der Waals surface area contributed by atoms with Crippen molar-refractivity contribution in [2.75, 3.05) is 0 Å². The fourth-order valence-corrected chi connectivity index (χ4v) is 2.50. The molecule has 0 bridgehead atoms. The summed E-state index contributed by atoms with van der Waals surface area (Å²) in [5, 5.41) is 3.15. The van der Waals surface area contributed by atoms with Crippen molar-refractivity contribution in [2.24, 2.45) is 4.99 Å². The highest BCUT2D eigenvalue weighted by Crippen LogP contribution is 2.28. The molecule has 0 atom stereocenters. The molecule has 1 aromatic rings. The largest absolute Gasteiger partial charge is 0.372 e. The Kier molecular flexibility index (Phi) is 2.53. The summed E-state index contributed by atoms with van der Waals surface area (Å²) in [5.74, 6) is 0. The summed E-state index contributed by atoms with van der Waals surface area (Å²) in [6, 6.07) is 4.23. The Hall–Kier alpha value is -0.580. The zero-order valence-electron chi connectivity index (χ0n) is 7.47. The predicted molar refractivity (Wildman–Crippen MR) is 63.5 cm³/mol. The minimum Gasteiger partial charge on any atom is -0.372 e. The lowest BCUT2D eigenvalue weighted by atomic mass is 10.0. The Bertz CT molecular complexity index is 358. The maximum Gasteiger partial charge on any atom is 0.0889 e. The van der Waals surface area contributed by atoms with Gasteiger partial charge >= 0.3 is 0 Å². The Morgan fingerprint density at radius 2 is 2.38 bits per heavy atom. The molecule has 0 fully saturated rings. The summed E-state index contributed by atoms with van der Waals surface area (Å²) in [6.45, 7) is 3.11. The molecule has 0 radical (unpaired) electrons. The molecule has 0 saturated heterocycles. The van der Waals surface area contributed by atoms with Gasteiger partial charge in [0.25, 0.3) is 0 Å². The second-order valence-corrected chi connectivity index (χ2v) is 4.18. The van der Waals surface area contributed by atoms with Gasteiger partial charge in [0.2, 0.25) is 0 Å². The summed E-state index contributed by atoms with van der Waals surface area (Å²) >= 11 is 2.39. The molecular weight excluding hydrogens is 275 g/mol. The number of halogens is 1. The van der Waals surface area contributed by atoms with E-state index < -0.39 is 0 Å². The van der Waals surface area contributed by atoms with Crippen molar-refractivity contribution >= 4 is 34.6 Å². The highest BCUT2D eigenvalue weighted by Gasteiger charge is 2.11. The van der Waals surface area contributed by atoms with Gasteiger partial charge in [-0.1, -0.05) is 6.92 Å². The van der Waals surface area contributed by atoms with Gasteiger partial charge in [-0.15, -0.1) is 0 Å². The number of fused-ring (bicyclic) bond motifs is 1. The molecular formula is C10H11IN2. The van der Waals surface area contributed by atoms with E-state index in [0.29, 0.717) is 0 Å². The smallest absolute Gasteiger partial charge is 0.0889 e. The van der Waals surface area contributed by atoms with Crippen LogP contribution in [0.25, 0.3) is 0 Å². The molecule has 68 valence electrons. The van der Waals surface area contributed by atoms with Crippen molar-refractivity contribution < 1.29 is 0 Å². The van der Waals surface area contributed by atoms with Crippen molar-refractivity contribution in [1.82, 2.24) is 5.32 Å². The maximum atomic E-state index is 4.30. The van der Waals surface area contributed by atoms with Crippen molar-refractivity contribution in [3.8, 4) is 0 Å². The van der Waals surface area contributed by atoms with Gasteiger partial charge in [0.1, 0.15) is 0 Å². The summed E-state index contributed by atoms with van der Waals surface area (Å²) < 4.78 is 1.35. The van der Waals surface area contributed by atoms with Gasteiger partial charge in [0, 0.05) is 15.7 Å². The number of nitrogens with zero attached hydrogens (tertiary/aromatic N) is 1. The molecule has 1 heterocycles. The second kappa shape index (κ2) is 3.65. The molecule has 1 aliphatic rings. The molecule has 0 saturated carbocycles. The van der Waals surface area contributed by atoms with Crippen LogP contribution in [0.15, 0.2) is 17.1 Å². The zero-order chi connectivity index (χ0) is 9.26. The normalized spacial score (nSPS) is 13.7. The molecule has 0 amide bonds. The highest BCUT2D eigenvalue weighted by atomic mass is 127. The average molecular weight is 286 g/mol. The number of nitrogens with one attached hydrogen (secondary N) is 1. The third-order valence-corrected chi connectivity index (χ3v) is 3.29. The summed E-state index contributed by atoms with van der Waals surface area (Å²) in [6.07, 6.45) is 2.85. The monoisotopic (exact) mass is 286 g/mol.